The van der Waals surface area contributed by atoms with Crippen molar-refractivity contribution in [2.75, 3.05) is 0 Å². The average molecular weight is 294 g/mol. The minimum Gasteiger partial charge on any atom is -0.348 e. The Morgan fingerprint density at radius 2 is 2.05 bits per heavy atom. The number of nitrogens with one attached hydrogen (secondary N) is 1. The van der Waals surface area contributed by atoms with Crippen LogP contribution < -0.4 is 5.32 Å². The molecule has 2 heterocycles. The van der Waals surface area contributed by atoms with Gasteiger partial charge in [0, 0.05) is 37.0 Å². The van der Waals surface area contributed by atoms with Crippen LogP contribution in [-0.4, -0.2) is 21.0 Å². The van der Waals surface area contributed by atoms with Crippen LogP contribution in [0.15, 0.2) is 53.3 Å². The van der Waals surface area contributed by atoms with Gasteiger partial charge in [0.05, 0.1) is 0 Å². The third-order valence-electron chi connectivity index (χ3n) is 3.11. The van der Waals surface area contributed by atoms with Gasteiger partial charge in [0.15, 0.2) is 0 Å². The summed E-state index contributed by atoms with van der Waals surface area (Å²) in [5.74, 6) is 0.882. The standard InChI is InChI=1S/C16H14N4O2/c1-11-19-15(20-22-11)13-4-6-14(7-5-13)16(21)18-10-12-3-2-8-17-9-12/h2-9H,10H2,1H3,(H,18,21). The molecule has 3 rings (SSSR count). The summed E-state index contributed by atoms with van der Waals surface area (Å²) in [6, 6.07) is 10.8. The molecule has 110 valence electrons. The van der Waals surface area contributed by atoms with Crippen LogP contribution in [0.4, 0.5) is 0 Å². The van der Waals surface area contributed by atoms with Gasteiger partial charge >= 0.3 is 0 Å². The fourth-order valence-electron chi connectivity index (χ4n) is 1.97. The van der Waals surface area contributed by atoms with Crippen LogP contribution in [0.1, 0.15) is 21.8 Å². The number of aromatic nitrogens is 3. The SMILES string of the molecule is Cc1nc(-c2ccc(C(=O)NCc3cccnc3)cc2)no1. The molecule has 0 aliphatic carbocycles. The second kappa shape index (κ2) is 6.17. The molecule has 0 unspecified atom stereocenters. The van der Waals surface area contributed by atoms with Crippen molar-refractivity contribution in [3.05, 3.63) is 65.8 Å². The Kier molecular flexibility index (Phi) is 3.91. The molecule has 2 aromatic heterocycles. The highest BCUT2D eigenvalue weighted by Crippen LogP contribution is 2.16. The number of amides is 1. The third-order valence-corrected chi connectivity index (χ3v) is 3.11. The maximum atomic E-state index is 12.1. The van der Waals surface area contributed by atoms with E-state index in [1.54, 1.807) is 43.6 Å². The topological polar surface area (TPSA) is 80.9 Å². The van der Waals surface area contributed by atoms with Crippen molar-refractivity contribution in [3.63, 3.8) is 0 Å². The first-order chi connectivity index (χ1) is 10.7. The molecule has 1 aromatic carbocycles. The Morgan fingerprint density at radius 3 is 2.68 bits per heavy atom. The summed E-state index contributed by atoms with van der Waals surface area (Å²) >= 11 is 0. The molecular formula is C16H14N4O2. The number of nitrogens with zero attached hydrogens (tertiary/aromatic N) is 3. The molecule has 0 saturated carbocycles. The number of rotatable bonds is 4. The van der Waals surface area contributed by atoms with E-state index in [1.807, 2.05) is 12.1 Å². The molecule has 0 aliphatic rings. The smallest absolute Gasteiger partial charge is 0.251 e. The van der Waals surface area contributed by atoms with Crippen LogP contribution in [0, 0.1) is 6.92 Å². The Morgan fingerprint density at radius 1 is 1.23 bits per heavy atom. The summed E-state index contributed by atoms with van der Waals surface area (Å²) in [7, 11) is 0. The van der Waals surface area contributed by atoms with E-state index in [1.165, 1.54) is 0 Å². The van der Waals surface area contributed by atoms with Gasteiger partial charge < -0.3 is 9.84 Å². The Labute approximate surface area is 127 Å². The first-order valence-corrected chi connectivity index (χ1v) is 6.80. The number of aryl methyl sites for hydroxylation is 1. The minimum atomic E-state index is -0.139. The number of carbonyl (C=O) groups is 1. The van der Waals surface area contributed by atoms with Crippen molar-refractivity contribution in [1.29, 1.82) is 0 Å². The van der Waals surface area contributed by atoms with E-state index in [4.69, 9.17) is 4.52 Å². The van der Waals surface area contributed by atoms with Crippen molar-refractivity contribution in [2.24, 2.45) is 0 Å². The quantitative estimate of drug-likeness (QED) is 0.799. The number of hydrogen-bond donors (Lipinski definition) is 1. The fraction of sp³-hybridized carbons (Fsp3) is 0.125. The molecule has 0 aliphatic heterocycles. The van der Waals surface area contributed by atoms with E-state index in [-0.39, 0.29) is 5.91 Å². The molecule has 1 N–H and O–H groups in total. The Bertz CT molecular complexity index is 766. The molecule has 0 bridgehead atoms. The molecule has 0 spiro atoms. The van der Waals surface area contributed by atoms with Crippen molar-refractivity contribution in [3.8, 4) is 11.4 Å². The first kappa shape index (κ1) is 13.9. The van der Waals surface area contributed by atoms with Crippen molar-refractivity contribution in [2.45, 2.75) is 13.5 Å². The van der Waals surface area contributed by atoms with Crippen LogP contribution in [0.25, 0.3) is 11.4 Å². The van der Waals surface area contributed by atoms with E-state index in [2.05, 4.69) is 20.4 Å². The molecule has 0 radical (unpaired) electrons. The van der Waals surface area contributed by atoms with Gasteiger partial charge in [-0.3, -0.25) is 9.78 Å². The van der Waals surface area contributed by atoms with Gasteiger partial charge in [-0.2, -0.15) is 4.98 Å². The lowest BCUT2D eigenvalue weighted by Crippen LogP contribution is -2.22. The molecule has 22 heavy (non-hydrogen) atoms. The number of pyridine rings is 1. The second-order valence-corrected chi connectivity index (χ2v) is 4.76. The van der Waals surface area contributed by atoms with Gasteiger partial charge in [0.1, 0.15) is 0 Å². The molecule has 0 saturated heterocycles. The predicted molar refractivity (Wildman–Crippen MR) is 79.9 cm³/mol. The molecule has 3 aromatic rings. The van der Waals surface area contributed by atoms with Crippen LogP contribution in [0.3, 0.4) is 0 Å². The number of benzene rings is 1. The average Bonchev–Trinajstić information content (AvgIpc) is 3.00. The van der Waals surface area contributed by atoms with E-state index in [0.717, 1.165) is 11.1 Å². The highest BCUT2D eigenvalue weighted by Gasteiger charge is 2.08. The van der Waals surface area contributed by atoms with Gasteiger partial charge in [-0.05, 0) is 23.8 Å². The lowest BCUT2D eigenvalue weighted by molar-refractivity contribution is 0.0951. The highest BCUT2D eigenvalue weighted by atomic mass is 16.5. The van der Waals surface area contributed by atoms with Gasteiger partial charge in [-0.25, -0.2) is 0 Å². The molecular weight excluding hydrogens is 280 g/mol. The van der Waals surface area contributed by atoms with E-state index in [9.17, 15) is 4.79 Å². The summed E-state index contributed by atoms with van der Waals surface area (Å²) in [6.07, 6.45) is 3.42. The minimum absolute atomic E-state index is 0.139. The number of carbonyl (C=O) groups excluding carboxylic acids is 1. The largest absolute Gasteiger partial charge is 0.348 e. The van der Waals surface area contributed by atoms with Crippen molar-refractivity contribution < 1.29 is 9.32 Å². The maximum Gasteiger partial charge on any atom is 0.251 e. The summed E-state index contributed by atoms with van der Waals surface area (Å²) in [5.41, 5.74) is 2.34. The molecule has 6 nitrogen and oxygen atoms in total. The number of hydrogen-bond acceptors (Lipinski definition) is 5. The lowest BCUT2D eigenvalue weighted by atomic mass is 10.1. The van der Waals surface area contributed by atoms with Crippen LogP contribution in [0.2, 0.25) is 0 Å². The third kappa shape index (κ3) is 3.17. The Balaban J connectivity index is 1.66. The predicted octanol–water partition coefficient (Wildman–Crippen LogP) is 2.37. The van der Waals surface area contributed by atoms with Crippen LogP contribution in [0.5, 0.6) is 0 Å². The molecule has 0 atom stereocenters. The van der Waals surface area contributed by atoms with Gasteiger partial charge in [-0.15, -0.1) is 0 Å². The van der Waals surface area contributed by atoms with E-state index >= 15 is 0 Å². The van der Waals surface area contributed by atoms with E-state index < -0.39 is 0 Å². The van der Waals surface area contributed by atoms with E-state index in [0.29, 0.717) is 23.8 Å². The summed E-state index contributed by atoms with van der Waals surface area (Å²) in [5, 5.41) is 6.69. The fourth-order valence-corrected chi connectivity index (χ4v) is 1.97. The normalized spacial score (nSPS) is 10.4. The maximum absolute atomic E-state index is 12.1. The molecule has 1 amide bonds. The van der Waals surface area contributed by atoms with Gasteiger partial charge in [0.25, 0.3) is 5.91 Å². The summed E-state index contributed by atoms with van der Waals surface area (Å²) < 4.78 is 4.94. The van der Waals surface area contributed by atoms with Crippen LogP contribution in [-0.2, 0) is 6.54 Å². The van der Waals surface area contributed by atoms with Crippen molar-refractivity contribution >= 4 is 5.91 Å². The zero-order valence-electron chi connectivity index (χ0n) is 12.0. The highest BCUT2D eigenvalue weighted by molar-refractivity contribution is 5.94. The second-order valence-electron chi connectivity index (χ2n) is 4.76. The van der Waals surface area contributed by atoms with Crippen molar-refractivity contribution in [1.82, 2.24) is 20.4 Å². The lowest BCUT2D eigenvalue weighted by Gasteiger charge is -2.05. The Hall–Kier alpha value is -3.02. The summed E-state index contributed by atoms with van der Waals surface area (Å²) in [6.45, 7) is 2.18. The molecule has 6 heteroatoms. The monoisotopic (exact) mass is 294 g/mol. The zero-order valence-corrected chi connectivity index (χ0v) is 12.0. The first-order valence-electron chi connectivity index (χ1n) is 6.80. The molecule has 0 fully saturated rings. The summed E-state index contributed by atoms with van der Waals surface area (Å²) in [4.78, 5) is 20.2. The van der Waals surface area contributed by atoms with Gasteiger partial charge in [-0.1, -0.05) is 23.4 Å². The van der Waals surface area contributed by atoms with Gasteiger partial charge in [0.2, 0.25) is 11.7 Å². The van der Waals surface area contributed by atoms with Crippen LogP contribution >= 0.6 is 0 Å². The zero-order chi connectivity index (χ0) is 15.4.